The van der Waals surface area contributed by atoms with E-state index in [1.165, 1.54) is 25.1 Å². The fraction of sp³-hybridized carbons (Fsp3) is 0.184. The number of amidine groups is 1. The molecule has 242 valence electrons. The van der Waals surface area contributed by atoms with Gasteiger partial charge in [-0.25, -0.2) is 4.79 Å². The van der Waals surface area contributed by atoms with Crippen LogP contribution in [0.4, 0.5) is 11.4 Å². The SMILES string of the molecule is [2H]c1c(C(=N)N)cccc1C(=O)C(C(=O)[C@](C)(C(=O)N1CCC[C@H]1C(=O)O)N([2H])c1ccc2ccccc2c1)N([2H])c1cccc2ccccc12. The fourth-order valence-electron chi connectivity index (χ4n) is 6.14. The first-order valence-corrected chi connectivity index (χ1v) is 15.5. The first-order chi connectivity index (χ1) is 24.4. The Balaban J connectivity index is 1.58. The number of rotatable bonds is 11. The molecule has 0 radical (unpaired) electrons. The Morgan fingerprint density at radius 1 is 0.938 bits per heavy atom. The van der Waals surface area contributed by atoms with Crippen LogP contribution in [0.1, 0.15) is 37.1 Å². The molecule has 0 aromatic heterocycles. The largest absolute Gasteiger partial charge is 0.480 e. The lowest BCUT2D eigenvalue weighted by atomic mass is 9.85. The number of nitrogens with zero attached hydrogens (tertiary/aromatic N) is 1. The highest BCUT2D eigenvalue weighted by atomic mass is 16.4. The van der Waals surface area contributed by atoms with E-state index in [0.29, 0.717) is 33.2 Å². The second-order valence-electron chi connectivity index (χ2n) is 11.9. The van der Waals surface area contributed by atoms with E-state index in [0.717, 1.165) is 10.3 Å². The minimum Gasteiger partial charge on any atom is -0.480 e. The molecule has 1 aliphatic rings. The quantitative estimate of drug-likeness (QED) is 0.0548. The number of fused-ring (bicyclic) bond motifs is 2. The van der Waals surface area contributed by atoms with Crippen LogP contribution in [0, 0.1) is 5.41 Å². The summed E-state index contributed by atoms with van der Waals surface area (Å²) < 4.78 is 27.6. The van der Waals surface area contributed by atoms with Crippen molar-refractivity contribution in [3.63, 3.8) is 0 Å². The Bertz CT molecular complexity index is 2230. The number of carbonyl (C=O) groups is 4. The third kappa shape index (κ3) is 6.07. The van der Waals surface area contributed by atoms with E-state index in [4.69, 9.17) is 12.5 Å². The zero-order valence-corrected chi connectivity index (χ0v) is 26.1. The third-order valence-electron chi connectivity index (χ3n) is 8.66. The summed E-state index contributed by atoms with van der Waals surface area (Å²) in [6.45, 7) is 1.16. The lowest BCUT2D eigenvalue weighted by molar-refractivity contribution is -0.151. The second kappa shape index (κ2) is 13.0. The minimum atomic E-state index is -2.56. The molecule has 1 fully saturated rings. The van der Waals surface area contributed by atoms with Gasteiger partial charge in [-0.05, 0) is 60.2 Å². The number of carboxylic acids is 1. The van der Waals surface area contributed by atoms with Gasteiger partial charge >= 0.3 is 5.97 Å². The summed E-state index contributed by atoms with van der Waals surface area (Å²) in [5.74, 6) is -5.02. The molecule has 1 unspecified atom stereocenters. The van der Waals surface area contributed by atoms with Gasteiger partial charge < -0.3 is 26.4 Å². The number of Topliss-reactive ketones (excluding diaryl/α,β-unsaturated/α-hetero) is 2. The number of aliphatic carboxylic acids is 1. The maximum atomic E-state index is 15.3. The number of nitrogen functional groups attached to an aromatic ring is 1. The molecule has 10 nitrogen and oxygen atoms in total. The van der Waals surface area contributed by atoms with Crippen LogP contribution >= 0.6 is 0 Å². The van der Waals surface area contributed by atoms with Gasteiger partial charge in [0.1, 0.15) is 11.9 Å². The highest BCUT2D eigenvalue weighted by molar-refractivity contribution is 6.26. The molecule has 0 spiro atoms. The molecule has 1 aliphatic heterocycles. The van der Waals surface area contributed by atoms with E-state index in [9.17, 15) is 22.3 Å². The maximum absolute atomic E-state index is 15.3. The molecule has 0 saturated carbocycles. The van der Waals surface area contributed by atoms with Crippen LogP contribution in [0.2, 0.25) is 2.82 Å². The summed E-state index contributed by atoms with van der Waals surface area (Å²) in [6.07, 6.45) is 0.465. The van der Waals surface area contributed by atoms with Gasteiger partial charge in [0.15, 0.2) is 26.0 Å². The fourth-order valence-corrected chi connectivity index (χ4v) is 6.14. The number of ketones is 2. The lowest BCUT2D eigenvalue weighted by Gasteiger charge is -2.37. The zero-order chi connectivity index (χ0) is 36.6. The summed E-state index contributed by atoms with van der Waals surface area (Å²) in [5.41, 5.74) is 2.97. The van der Waals surface area contributed by atoms with Gasteiger partial charge in [-0.2, -0.15) is 0 Å². The second-order valence-corrected chi connectivity index (χ2v) is 11.9. The summed E-state index contributed by atoms with van der Waals surface area (Å²) >= 11 is 0. The zero-order valence-electron chi connectivity index (χ0n) is 29.1. The molecule has 48 heavy (non-hydrogen) atoms. The van der Waals surface area contributed by atoms with Crippen molar-refractivity contribution in [2.45, 2.75) is 37.4 Å². The first-order valence-electron chi connectivity index (χ1n) is 16.9. The van der Waals surface area contributed by atoms with Crippen LogP contribution in [-0.2, 0) is 14.4 Å². The van der Waals surface area contributed by atoms with Crippen molar-refractivity contribution in [2.24, 2.45) is 5.73 Å². The summed E-state index contributed by atoms with van der Waals surface area (Å²) in [6, 6.07) is 24.4. The predicted molar refractivity (Wildman–Crippen MR) is 187 cm³/mol. The Labute approximate surface area is 281 Å². The normalized spacial score (nSPS) is 17.1. The smallest absolute Gasteiger partial charge is 0.326 e. The number of benzene rings is 5. The molecule has 1 amide bonds. The van der Waals surface area contributed by atoms with Gasteiger partial charge in [0.05, 0.1) is 1.37 Å². The number of anilines is 2. The standard InChI is InChI=1S/C38H35N5O5/c1-38(37(48)43-20-8-17-31(43)36(46)47,42-28-19-18-23-9-2-3-11-25(23)22-28)34(45)32(33(44)26-13-6-14-27(21-26)35(39)40)41-30-16-7-12-24-10-4-5-15-29(24)30/h2-7,9-16,18-19,21-22,31-32,41-42H,8,17,20H2,1H3,(H3,39,40)(H,46,47)/t31-,32?,38+/m0/s1/i21D/hD2. The van der Waals surface area contributed by atoms with E-state index >= 15 is 4.79 Å². The van der Waals surface area contributed by atoms with Gasteiger partial charge in [0.2, 0.25) is 0 Å². The molecule has 0 aliphatic carbocycles. The number of carbonyl (C=O) groups excluding carboxylic acids is 3. The summed E-state index contributed by atoms with van der Waals surface area (Å²) in [7, 11) is 0. The molecular weight excluding hydrogens is 606 g/mol. The van der Waals surface area contributed by atoms with Crippen molar-refractivity contribution >= 4 is 62.2 Å². The summed E-state index contributed by atoms with van der Waals surface area (Å²) in [5, 5.41) is 22.1. The van der Waals surface area contributed by atoms with Gasteiger partial charge in [0, 0.05) is 34.4 Å². The van der Waals surface area contributed by atoms with Crippen molar-refractivity contribution in [3.05, 3.63) is 120 Å². The Kier molecular flexibility index (Phi) is 7.64. The molecule has 10 heteroatoms. The molecule has 0 bridgehead atoms. The Morgan fingerprint density at radius 3 is 2.35 bits per heavy atom. The maximum Gasteiger partial charge on any atom is 0.326 e. The van der Waals surface area contributed by atoms with E-state index < -0.39 is 52.9 Å². The Morgan fingerprint density at radius 2 is 1.60 bits per heavy atom. The monoisotopic (exact) mass is 644 g/mol. The van der Waals surface area contributed by atoms with E-state index in [1.807, 2.05) is 12.1 Å². The van der Waals surface area contributed by atoms with Crippen LogP contribution in [0.25, 0.3) is 21.5 Å². The number of nitrogens with one attached hydrogen (secondary N) is 3. The van der Waals surface area contributed by atoms with Crippen LogP contribution < -0.4 is 16.4 Å². The van der Waals surface area contributed by atoms with Crippen molar-refractivity contribution in [1.29, 1.82) is 5.41 Å². The average Bonchev–Trinajstić information content (AvgIpc) is 3.64. The number of hydrogen-bond donors (Lipinski definition) is 5. The van der Waals surface area contributed by atoms with Crippen LogP contribution in [0.15, 0.2) is 109 Å². The van der Waals surface area contributed by atoms with Crippen molar-refractivity contribution in [1.82, 2.24) is 4.90 Å². The number of likely N-dealkylation sites (tertiary alicyclic amines) is 1. The van der Waals surface area contributed by atoms with Gasteiger partial charge in [-0.3, -0.25) is 19.8 Å². The van der Waals surface area contributed by atoms with Crippen LogP contribution in [0.3, 0.4) is 0 Å². The predicted octanol–water partition coefficient (Wildman–Crippen LogP) is 5.46. The Hall–Kier alpha value is -6.03. The molecule has 5 aromatic carbocycles. The van der Waals surface area contributed by atoms with Crippen LogP contribution in [0.5, 0.6) is 0 Å². The lowest BCUT2D eigenvalue weighted by Crippen LogP contribution is -2.63. The van der Waals surface area contributed by atoms with Crippen LogP contribution in [-0.4, -0.2) is 63.5 Å². The number of hydrogen-bond acceptors (Lipinski definition) is 7. The van der Waals surface area contributed by atoms with Gasteiger partial charge in [-0.1, -0.05) is 84.9 Å². The molecule has 3 atom stereocenters. The third-order valence-corrected chi connectivity index (χ3v) is 8.66. The topological polar surface area (TPSA) is 166 Å². The number of carboxylic acid groups (broad SMARTS) is 1. The van der Waals surface area contributed by atoms with Gasteiger partial charge in [0.25, 0.3) is 5.91 Å². The van der Waals surface area contributed by atoms with Gasteiger partial charge in [-0.15, -0.1) is 0 Å². The molecule has 1 saturated heterocycles. The molecule has 6 N–H and O–H groups in total. The highest BCUT2D eigenvalue weighted by Gasteiger charge is 2.51. The number of nitrogens with two attached hydrogens (primary N) is 1. The van der Waals surface area contributed by atoms with Crippen molar-refractivity contribution in [3.8, 4) is 0 Å². The van der Waals surface area contributed by atoms with E-state index in [-0.39, 0.29) is 35.5 Å². The molecule has 6 rings (SSSR count). The van der Waals surface area contributed by atoms with E-state index in [2.05, 4.69) is 0 Å². The summed E-state index contributed by atoms with van der Waals surface area (Å²) in [4.78, 5) is 58.2. The minimum absolute atomic E-state index is 0.00567. The van der Waals surface area contributed by atoms with Crippen molar-refractivity contribution < 1.29 is 28.5 Å². The molecular formula is C38H35N5O5. The first kappa shape index (κ1) is 28.2. The molecule has 5 aromatic rings. The molecule has 1 heterocycles. The number of amides is 1. The van der Waals surface area contributed by atoms with E-state index in [1.54, 1.807) is 72.8 Å². The van der Waals surface area contributed by atoms with Crippen molar-refractivity contribution in [2.75, 3.05) is 17.2 Å². The average molecular weight is 645 g/mol. The highest BCUT2D eigenvalue weighted by Crippen LogP contribution is 2.31.